The summed E-state index contributed by atoms with van der Waals surface area (Å²) in [5.41, 5.74) is 2.53. The third-order valence-corrected chi connectivity index (χ3v) is 4.48. The smallest absolute Gasteiger partial charge is 0.233 e. The number of hydrogen-bond donors (Lipinski definition) is 1. The zero-order valence-corrected chi connectivity index (χ0v) is 13.9. The summed E-state index contributed by atoms with van der Waals surface area (Å²) in [6, 6.07) is 3.76. The number of carbonyl (C=O) groups is 2. The van der Waals surface area contributed by atoms with Gasteiger partial charge in [-0.25, -0.2) is 4.98 Å². The summed E-state index contributed by atoms with van der Waals surface area (Å²) in [5.74, 6) is -0.168. The maximum atomic E-state index is 12.5. The van der Waals surface area contributed by atoms with Crippen molar-refractivity contribution in [3.8, 4) is 0 Å². The summed E-state index contributed by atoms with van der Waals surface area (Å²) in [4.78, 5) is 34.5. The van der Waals surface area contributed by atoms with Gasteiger partial charge in [0.2, 0.25) is 11.8 Å². The molecule has 3 rings (SSSR count). The van der Waals surface area contributed by atoms with E-state index in [0.29, 0.717) is 17.4 Å². The Morgan fingerprint density at radius 2 is 2.26 bits per heavy atom. The number of thiazole rings is 1. The van der Waals surface area contributed by atoms with E-state index in [9.17, 15) is 9.59 Å². The van der Waals surface area contributed by atoms with Crippen molar-refractivity contribution in [3.63, 3.8) is 0 Å². The molecule has 2 aromatic rings. The highest BCUT2D eigenvalue weighted by molar-refractivity contribution is 7.13. The number of carbonyl (C=O) groups excluding carboxylic acids is 2. The van der Waals surface area contributed by atoms with Gasteiger partial charge in [0.05, 0.1) is 23.5 Å². The number of hydrogen-bond acceptors (Lipinski definition) is 5. The predicted molar refractivity (Wildman–Crippen MR) is 89.6 cm³/mol. The Hall–Kier alpha value is -2.28. The van der Waals surface area contributed by atoms with Gasteiger partial charge >= 0.3 is 0 Å². The lowest BCUT2D eigenvalue weighted by Crippen LogP contribution is -2.30. The normalized spacial score (nSPS) is 13.3. The molecule has 0 radical (unpaired) electrons. The molecule has 120 valence electrons. The van der Waals surface area contributed by atoms with E-state index in [1.54, 1.807) is 11.1 Å². The molecule has 0 aliphatic carbocycles. The van der Waals surface area contributed by atoms with Gasteiger partial charge in [-0.2, -0.15) is 0 Å². The van der Waals surface area contributed by atoms with Gasteiger partial charge in [-0.15, -0.1) is 11.3 Å². The number of nitrogens with zero attached hydrogens (tertiary/aromatic N) is 3. The molecule has 0 fully saturated rings. The van der Waals surface area contributed by atoms with Crippen molar-refractivity contribution in [2.75, 3.05) is 16.8 Å². The van der Waals surface area contributed by atoms with Crippen molar-refractivity contribution in [2.45, 2.75) is 26.7 Å². The molecule has 1 aliphatic rings. The molecule has 2 aromatic heterocycles. The molecule has 0 unspecified atom stereocenters. The first kappa shape index (κ1) is 15.6. The van der Waals surface area contributed by atoms with Crippen molar-refractivity contribution in [2.24, 2.45) is 5.92 Å². The lowest BCUT2D eigenvalue weighted by molar-refractivity contribution is -0.119. The quantitative estimate of drug-likeness (QED) is 0.933. The summed E-state index contributed by atoms with van der Waals surface area (Å²) in [5, 5.41) is 5.10. The number of anilines is 2. The SMILES string of the molecule is CC(C)C(=O)Nc1nc(CC(=O)N2CCc3ncccc32)cs1. The highest BCUT2D eigenvalue weighted by Crippen LogP contribution is 2.26. The molecule has 0 atom stereocenters. The zero-order chi connectivity index (χ0) is 16.4. The van der Waals surface area contributed by atoms with Crippen LogP contribution in [0.5, 0.6) is 0 Å². The van der Waals surface area contributed by atoms with Crippen molar-refractivity contribution < 1.29 is 9.59 Å². The van der Waals surface area contributed by atoms with E-state index < -0.39 is 0 Å². The molecule has 0 spiro atoms. The van der Waals surface area contributed by atoms with Crippen molar-refractivity contribution in [1.82, 2.24) is 9.97 Å². The minimum absolute atomic E-state index is 0.00351. The Bertz CT molecular complexity index is 741. The fourth-order valence-electron chi connectivity index (χ4n) is 2.41. The number of rotatable bonds is 4. The molecule has 6 nitrogen and oxygen atoms in total. The molecule has 7 heteroatoms. The number of amides is 2. The molecule has 2 amide bonds. The topological polar surface area (TPSA) is 75.2 Å². The fraction of sp³-hybridized carbons (Fsp3) is 0.375. The summed E-state index contributed by atoms with van der Waals surface area (Å²) < 4.78 is 0. The van der Waals surface area contributed by atoms with Crippen LogP contribution < -0.4 is 10.2 Å². The molecule has 23 heavy (non-hydrogen) atoms. The number of fused-ring (bicyclic) bond motifs is 1. The number of aromatic nitrogens is 2. The Kier molecular flexibility index (Phi) is 4.38. The van der Waals surface area contributed by atoms with Gasteiger partial charge in [-0.05, 0) is 12.1 Å². The second kappa shape index (κ2) is 6.45. The number of pyridine rings is 1. The van der Waals surface area contributed by atoms with Gasteiger partial charge < -0.3 is 10.2 Å². The van der Waals surface area contributed by atoms with Crippen molar-refractivity contribution in [1.29, 1.82) is 0 Å². The second-order valence-electron chi connectivity index (χ2n) is 5.73. The van der Waals surface area contributed by atoms with Gasteiger partial charge in [0.25, 0.3) is 0 Å². The molecular formula is C16H18N4O2S. The van der Waals surface area contributed by atoms with Gasteiger partial charge in [-0.1, -0.05) is 13.8 Å². The lowest BCUT2D eigenvalue weighted by Gasteiger charge is -2.16. The first-order valence-electron chi connectivity index (χ1n) is 7.54. The maximum absolute atomic E-state index is 12.5. The predicted octanol–water partition coefficient (Wildman–Crippen LogP) is 2.26. The van der Waals surface area contributed by atoms with Crippen LogP contribution in [0.3, 0.4) is 0 Å². The van der Waals surface area contributed by atoms with Gasteiger partial charge in [0.15, 0.2) is 5.13 Å². The van der Waals surface area contributed by atoms with Crippen LogP contribution in [0.2, 0.25) is 0 Å². The summed E-state index contributed by atoms with van der Waals surface area (Å²) in [6.45, 7) is 4.31. The summed E-state index contributed by atoms with van der Waals surface area (Å²) in [6.07, 6.45) is 2.76. The van der Waals surface area contributed by atoms with Crippen LogP contribution in [0, 0.1) is 5.92 Å². The lowest BCUT2D eigenvalue weighted by atomic mass is 10.2. The molecule has 1 N–H and O–H groups in total. The summed E-state index contributed by atoms with van der Waals surface area (Å²) in [7, 11) is 0. The monoisotopic (exact) mass is 330 g/mol. The van der Waals surface area contributed by atoms with Crippen LogP contribution >= 0.6 is 11.3 Å². The van der Waals surface area contributed by atoms with E-state index in [1.807, 2.05) is 31.4 Å². The minimum atomic E-state index is -0.0995. The highest BCUT2D eigenvalue weighted by Gasteiger charge is 2.25. The van der Waals surface area contributed by atoms with Gasteiger partial charge in [0.1, 0.15) is 0 Å². The van der Waals surface area contributed by atoms with Crippen LogP contribution in [0.1, 0.15) is 25.2 Å². The van der Waals surface area contributed by atoms with E-state index in [0.717, 1.165) is 17.8 Å². The first-order chi connectivity index (χ1) is 11.0. The van der Waals surface area contributed by atoms with Crippen molar-refractivity contribution >= 4 is 34.0 Å². The van der Waals surface area contributed by atoms with E-state index >= 15 is 0 Å². The molecule has 0 saturated heterocycles. The number of nitrogens with one attached hydrogen (secondary N) is 1. The largest absolute Gasteiger partial charge is 0.310 e. The minimum Gasteiger partial charge on any atom is -0.310 e. The van der Waals surface area contributed by atoms with Crippen LogP contribution in [-0.2, 0) is 22.4 Å². The summed E-state index contributed by atoms with van der Waals surface area (Å²) >= 11 is 1.34. The van der Waals surface area contributed by atoms with E-state index in [4.69, 9.17) is 0 Å². The van der Waals surface area contributed by atoms with E-state index in [1.165, 1.54) is 11.3 Å². The average molecular weight is 330 g/mol. The molecule has 3 heterocycles. The molecule has 0 saturated carbocycles. The zero-order valence-electron chi connectivity index (χ0n) is 13.1. The van der Waals surface area contributed by atoms with Gasteiger partial charge in [0, 0.05) is 30.5 Å². The molecule has 1 aliphatic heterocycles. The second-order valence-corrected chi connectivity index (χ2v) is 6.59. The Morgan fingerprint density at radius 1 is 1.43 bits per heavy atom. The standard InChI is InChI=1S/C16H18N4O2S/c1-10(2)15(22)19-16-18-11(9-23-16)8-14(21)20-7-5-12-13(20)4-3-6-17-12/h3-4,6,9-10H,5,7-8H2,1-2H3,(H,18,19,22). The Labute approximate surface area is 138 Å². The molecule has 0 bridgehead atoms. The van der Waals surface area contributed by atoms with Gasteiger partial charge in [-0.3, -0.25) is 14.6 Å². The highest BCUT2D eigenvalue weighted by atomic mass is 32.1. The molecule has 0 aromatic carbocycles. The Balaban J connectivity index is 1.65. The maximum Gasteiger partial charge on any atom is 0.233 e. The Morgan fingerprint density at radius 3 is 3.04 bits per heavy atom. The van der Waals surface area contributed by atoms with Crippen LogP contribution in [0.15, 0.2) is 23.7 Å². The van der Waals surface area contributed by atoms with Crippen LogP contribution in [0.25, 0.3) is 0 Å². The van der Waals surface area contributed by atoms with Crippen LogP contribution in [0.4, 0.5) is 10.8 Å². The molecular weight excluding hydrogens is 312 g/mol. The third-order valence-electron chi connectivity index (χ3n) is 3.67. The van der Waals surface area contributed by atoms with E-state index in [2.05, 4.69) is 15.3 Å². The van der Waals surface area contributed by atoms with Crippen LogP contribution in [-0.4, -0.2) is 28.3 Å². The third kappa shape index (κ3) is 3.39. The fourth-order valence-corrected chi connectivity index (χ4v) is 3.12. The van der Waals surface area contributed by atoms with Crippen molar-refractivity contribution in [3.05, 3.63) is 35.1 Å². The van der Waals surface area contributed by atoms with E-state index in [-0.39, 0.29) is 24.2 Å². The first-order valence-corrected chi connectivity index (χ1v) is 8.42. The average Bonchev–Trinajstić information content (AvgIpc) is 3.13.